The fraction of sp³-hybridized carbons (Fsp3) is 0.300. The molecule has 0 aliphatic rings. The van der Waals surface area contributed by atoms with Crippen LogP contribution in [0.15, 0.2) is 61.4 Å². The molecule has 0 aromatic carbocycles. The van der Waals surface area contributed by atoms with Crippen molar-refractivity contribution in [1.29, 1.82) is 0 Å². The first-order valence-corrected chi connectivity index (χ1v) is 7.95. The fourth-order valence-corrected chi connectivity index (χ4v) is 2.23. The summed E-state index contributed by atoms with van der Waals surface area (Å²) in [7, 11) is 0. The van der Waals surface area contributed by atoms with Gasteiger partial charge in [-0.2, -0.15) is 0 Å². The largest absolute Gasteiger partial charge is 0.392 e. The highest BCUT2D eigenvalue weighted by Gasteiger charge is 1.94. The van der Waals surface area contributed by atoms with E-state index < -0.39 is 0 Å². The Bertz CT molecular complexity index is 827. The van der Waals surface area contributed by atoms with Crippen molar-refractivity contribution < 1.29 is 6.48 Å². The molecular weight excluding hydrogens is 312 g/mol. The zero-order valence-electron chi connectivity index (χ0n) is 15.1. The van der Waals surface area contributed by atoms with E-state index >= 15 is 0 Å². The lowest BCUT2D eigenvalue weighted by atomic mass is 10.2. The van der Waals surface area contributed by atoms with Crippen molar-refractivity contribution in [1.82, 2.24) is 18.8 Å². The monoisotopic (exact) mass is 341 g/mol. The van der Waals surface area contributed by atoms with Crippen molar-refractivity contribution in [3.8, 4) is 0 Å². The van der Waals surface area contributed by atoms with Crippen LogP contribution >= 0.6 is 0 Å². The number of imidazole rings is 2. The summed E-state index contributed by atoms with van der Waals surface area (Å²) in [4.78, 5) is 8.23. The zero-order valence-corrected chi connectivity index (χ0v) is 14.1. The zero-order chi connectivity index (χ0) is 18.1. The molecule has 0 saturated heterocycles. The van der Waals surface area contributed by atoms with Gasteiger partial charge in [-0.05, 0) is 29.7 Å². The van der Waals surface area contributed by atoms with Gasteiger partial charge in [0.05, 0.1) is 6.61 Å². The van der Waals surface area contributed by atoms with Gasteiger partial charge in [0.25, 0.3) is 0 Å². The average Bonchev–Trinajstić information content (AvgIpc) is 3.30. The van der Waals surface area contributed by atoms with Crippen LogP contribution in [0.5, 0.6) is 0 Å². The van der Waals surface area contributed by atoms with E-state index in [2.05, 4.69) is 29.2 Å². The van der Waals surface area contributed by atoms with E-state index in [1.54, 1.807) is 13.1 Å². The highest BCUT2D eigenvalue weighted by molar-refractivity contribution is 5.39. The summed E-state index contributed by atoms with van der Waals surface area (Å²) in [5, 5.41) is 8.80. The molecule has 4 aromatic rings. The molecule has 0 bridgehead atoms. The summed E-state index contributed by atoms with van der Waals surface area (Å²) in [6, 6.07) is 7.90. The molecule has 4 rings (SSSR count). The van der Waals surface area contributed by atoms with E-state index in [4.69, 9.17) is 6.48 Å². The first-order chi connectivity index (χ1) is 12.2. The molecule has 0 radical (unpaired) electrons. The minimum atomic E-state index is 0. The molecule has 25 heavy (non-hydrogen) atoms. The average molecular weight is 341 g/mol. The maximum absolute atomic E-state index is 8.80. The maximum atomic E-state index is 8.80. The Morgan fingerprint density at radius 2 is 1.44 bits per heavy atom. The molecule has 0 spiro atoms. The predicted octanol–water partition coefficient (Wildman–Crippen LogP) is 4.39. The second-order valence-corrected chi connectivity index (χ2v) is 4.97. The van der Waals surface area contributed by atoms with Gasteiger partial charge < -0.3 is 13.9 Å². The van der Waals surface area contributed by atoms with Crippen LogP contribution in [0.2, 0.25) is 0 Å². The Labute approximate surface area is 151 Å². The second kappa shape index (κ2) is 10.3. The molecule has 0 saturated carbocycles. The SMILES string of the molecule is C.CCc1ccc2nccn2c1.OCc1ccc2nccn2c1.[2H]CC. The number of hydrogen-bond acceptors (Lipinski definition) is 3. The van der Waals surface area contributed by atoms with Gasteiger partial charge >= 0.3 is 0 Å². The standard InChI is InChI=1S/C9H10N2.C8H8N2O.C2H6.CH4/c1-2-8-3-4-9-10-5-6-11(9)7-8;11-6-7-1-2-8-9-3-4-10(8)5-7;1-2;/h3-7H,2H2,1H3;1-5,11H,6H2;1-2H3;1H4/i;;1D;. The van der Waals surface area contributed by atoms with Crippen LogP contribution in [0.1, 0.15) is 40.7 Å². The highest BCUT2D eigenvalue weighted by Crippen LogP contribution is 2.05. The lowest BCUT2D eigenvalue weighted by Crippen LogP contribution is -1.88. The first-order valence-electron chi connectivity index (χ1n) is 8.65. The van der Waals surface area contributed by atoms with Crippen molar-refractivity contribution in [3.63, 3.8) is 0 Å². The summed E-state index contributed by atoms with van der Waals surface area (Å²) in [6.07, 6.45) is 12.4. The molecule has 4 heterocycles. The third-order valence-corrected chi connectivity index (χ3v) is 3.49. The molecule has 0 unspecified atom stereocenters. The van der Waals surface area contributed by atoms with Gasteiger partial charge in [0, 0.05) is 38.6 Å². The van der Waals surface area contributed by atoms with Gasteiger partial charge in [0.15, 0.2) is 0 Å². The van der Waals surface area contributed by atoms with Crippen molar-refractivity contribution in [3.05, 3.63) is 72.6 Å². The number of aryl methyl sites for hydroxylation is 1. The van der Waals surface area contributed by atoms with Crippen molar-refractivity contribution >= 4 is 11.3 Å². The predicted molar refractivity (Wildman–Crippen MR) is 104 cm³/mol. The third kappa shape index (κ3) is 5.16. The molecule has 5 heteroatoms. The van der Waals surface area contributed by atoms with Crippen LogP contribution in [0, 0.1) is 0 Å². The summed E-state index contributed by atoms with van der Waals surface area (Å²) in [5.74, 6) is 0. The van der Waals surface area contributed by atoms with Gasteiger partial charge in [0.1, 0.15) is 11.3 Å². The lowest BCUT2D eigenvalue weighted by molar-refractivity contribution is 0.281. The Morgan fingerprint density at radius 3 is 1.92 bits per heavy atom. The number of aliphatic hydroxyl groups is 1. The van der Waals surface area contributed by atoms with E-state index in [1.807, 2.05) is 51.8 Å². The Hall–Kier alpha value is -2.66. The normalized spacial score (nSPS) is 10.1. The van der Waals surface area contributed by atoms with Gasteiger partial charge in [0.2, 0.25) is 0 Å². The van der Waals surface area contributed by atoms with Crippen LogP contribution < -0.4 is 0 Å². The quantitative estimate of drug-likeness (QED) is 0.588. The molecule has 1 N–H and O–H groups in total. The van der Waals surface area contributed by atoms with Crippen LogP contribution in [-0.4, -0.2) is 23.9 Å². The molecular formula is C20H28N4O. The summed E-state index contributed by atoms with van der Waals surface area (Å²) in [6.45, 7) is 4.52. The summed E-state index contributed by atoms with van der Waals surface area (Å²) < 4.78 is 10.1. The minimum Gasteiger partial charge on any atom is -0.392 e. The first kappa shape index (κ1) is 18.7. The van der Waals surface area contributed by atoms with Crippen molar-refractivity contribution in [2.24, 2.45) is 0 Å². The van der Waals surface area contributed by atoms with Crippen LogP contribution in [0.4, 0.5) is 0 Å². The number of aliphatic hydroxyl groups excluding tert-OH is 1. The van der Waals surface area contributed by atoms with Crippen molar-refractivity contribution in [2.75, 3.05) is 0 Å². The van der Waals surface area contributed by atoms with Gasteiger partial charge in [-0.25, -0.2) is 9.97 Å². The van der Waals surface area contributed by atoms with E-state index in [1.165, 1.54) is 5.56 Å². The third-order valence-electron chi connectivity index (χ3n) is 3.49. The minimum absolute atomic E-state index is 0. The molecule has 0 aliphatic heterocycles. The molecule has 5 nitrogen and oxygen atoms in total. The lowest BCUT2D eigenvalue weighted by Gasteiger charge is -1.96. The Kier molecular flexibility index (Phi) is 7.66. The van der Waals surface area contributed by atoms with Crippen molar-refractivity contribution in [2.45, 2.75) is 41.2 Å². The van der Waals surface area contributed by atoms with Gasteiger partial charge in [-0.15, -0.1) is 0 Å². The van der Waals surface area contributed by atoms with Crippen LogP contribution in [-0.2, 0) is 13.0 Å². The van der Waals surface area contributed by atoms with E-state index in [0.29, 0.717) is 6.90 Å². The topological polar surface area (TPSA) is 54.8 Å². The Morgan fingerprint density at radius 1 is 0.960 bits per heavy atom. The second-order valence-electron chi connectivity index (χ2n) is 4.97. The van der Waals surface area contributed by atoms with E-state index in [0.717, 1.165) is 23.3 Å². The maximum Gasteiger partial charge on any atom is 0.136 e. The van der Waals surface area contributed by atoms with Crippen LogP contribution in [0.3, 0.4) is 0 Å². The smallest absolute Gasteiger partial charge is 0.136 e. The van der Waals surface area contributed by atoms with E-state index in [-0.39, 0.29) is 14.0 Å². The fourth-order valence-electron chi connectivity index (χ4n) is 2.23. The number of nitrogens with zero attached hydrogens (tertiary/aromatic N) is 4. The molecule has 0 aliphatic carbocycles. The molecule has 0 fully saturated rings. The van der Waals surface area contributed by atoms with E-state index in [9.17, 15) is 0 Å². The number of rotatable bonds is 2. The molecule has 4 aromatic heterocycles. The summed E-state index contributed by atoms with van der Waals surface area (Å²) in [5.41, 5.74) is 4.16. The molecule has 0 atom stereocenters. The Balaban J connectivity index is 0.000000219. The number of hydrogen-bond donors (Lipinski definition) is 1. The van der Waals surface area contributed by atoms with Gasteiger partial charge in [-0.1, -0.05) is 40.3 Å². The number of fused-ring (bicyclic) bond motifs is 2. The van der Waals surface area contributed by atoms with Gasteiger partial charge in [-0.3, -0.25) is 0 Å². The molecule has 134 valence electrons. The number of aromatic nitrogens is 4. The summed E-state index contributed by atoms with van der Waals surface area (Å²) >= 11 is 0. The van der Waals surface area contributed by atoms with Crippen LogP contribution in [0.25, 0.3) is 11.3 Å². The molecule has 0 amide bonds. The highest BCUT2D eigenvalue weighted by atomic mass is 16.3. The number of pyridine rings is 2.